The van der Waals surface area contributed by atoms with Gasteiger partial charge in [0, 0.05) is 44.9 Å². The Labute approximate surface area is 150 Å². The van der Waals surface area contributed by atoms with Crippen LogP contribution in [0.15, 0.2) is 24.3 Å². The standard InChI is InChI=1S/C20H30N2O3/c1-15-11-21(12-16(2)25-15)13-19-8-5-9-22(19)20(23)18-7-4-6-17(10-18)14-24-3/h4,6-7,10,15-16,19H,5,8-9,11-14H2,1-3H3. The van der Waals surface area contributed by atoms with Crippen molar-refractivity contribution >= 4 is 5.91 Å². The zero-order chi connectivity index (χ0) is 17.8. The zero-order valence-electron chi connectivity index (χ0n) is 15.6. The molecule has 1 aromatic rings. The Balaban J connectivity index is 1.66. The maximum absolute atomic E-state index is 13.0. The van der Waals surface area contributed by atoms with Gasteiger partial charge in [-0.1, -0.05) is 12.1 Å². The quantitative estimate of drug-likeness (QED) is 0.822. The summed E-state index contributed by atoms with van der Waals surface area (Å²) in [4.78, 5) is 17.5. The molecule has 0 bridgehead atoms. The normalized spacial score (nSPS) is 27.6. The summed E-state index contributed by atoms with van der Waals surface area (Å²) < 4.78 is 11.0. The van der Waals surface area contributed by atoms with Crippen molar-refractivity contribution in [3.63, 3.8) is 0 Å². The number of nitrogens with zero attached hydrogens (tertiary/aromatic N) is 2. The minimum atomic E-state index is 0.148. The van der Waals surface area contributed by atoms with Crippen LogP contribution in [0.1, 0.15) is 42.6 Å². The molecule has 3 rings (SSSR count). The Morgan fingerprint density at radius 3 is 2.76 bits per heavy atom. The van der Waals surface area contributed by atoms with Crippen molar-refractivity contribution in [1.29, 1.82) is 0 Å². The number of amides is 1. The lowest BCUT2D eigenvalue weighted by Gasteiger charge is -2.38. The fourth-order valence-electron chi connectivity index (χ4n) is 4.15. The molecule has 0 aliphatic carbocycles. The van der Waals surface area contributed by atoms with E-state index in [2.05, 4.69) is 23.6 Å². The minimum Gasteiger partial charge on any atom is -0.380 e. The Kier molecular flexibility index (Phi) is 6.10. The molecule has 5 heteroatoms. The van der Waals surface area contributed by atoms with E-state index in [1.165, 1.54) is 0 Å². The van der Waals surface area contributed by atoms with Crippen LogP contribution in [0.5, 0.6) is 0 Å². The van der Waals surface area contributed by atoms with E-state index in [1.807, 2.05) is 24.3 Å². The lowest BCUT2D eigenvalue weighted by molar-refractivity contribution is -0.0715. The molecule has 1 amide bonds. The molecule has 2 aliphatic rings. The fraction of sp³-hybridized carbons (Fsp3) is 0.650. The van der Waals surface area contributed by atoms with Gasteiger partial charge in [0.2, 0.25) is 0 Å². The lowest BCUT2D eigenvalue weighted by atomic mass is 10.1. The first-order valence-electron chi connectivity index (χ1n) is 9.33. The van der Waals surface area contributed by atoms with Crippen molar-refractivity contribution in [2.75, 3.05) is 33.3 Å². The van der Waals surface area contributed by atoms with Crippen LogP contribution in [0.25, 0.3) is 0 Å². The predicted octanol–water partition coefficient (Wildman–Crippen LogP) is 2.55. The van der Waals surface area contributed by atoms with Gasteiger partial charge in [0.15, 0.2) is 0 Å². The smallest absolute Gasteiger partial charge is 0.254 e. The van der Waals surface area contributed by atoms with Crippen LogP contribution in [0.4, 0.5) is 0 Å². The summed E-state index contributed by atoms with van der Waals surface area (Å²) in [5, 5.41) is 0. The molecule has 5 nitrogen and oxygen atoms in total. The second kappa shape index (κ2) is 8.30. The minimum absolute atomic E-state index is 0.148. The summed E-state index contributed by atoms with van der Waals surface area (Å²) in [7, 11) is 1.68. The number of ether oxygens (including phenoxy) is 2. The van der Waals surface area contributed by atoms with Gasteiger partial charge in [-0.05, 0) is 44.4 Å². The van der Waals surface area contributed by atoms with Crippen molar-refractivity contribution in [2.45, 2.75) is 51.5 Å². The number of hydrogen-bond donors (Lipinski definition) is 0. The first kappa shape index (κ1) is 18.4. The molecular formula is C20H30N2O3. The average molecular weight is 346 g/mol. The van der Waals surface area contributed by atoms with E-state index in [-0.39, 0.29) is 18.1 Å². The third-order valence-corrected chi connectivity index (χ3v) is 5.09. The van der Waals surface area contributed by atoms with E-state index < -0.39 is 0 Å². The van der Waals surface area contributed by atoms with Gasteiger partial charge in [-0.2, -0.15) is 0 Å². The Bertz CT molecular complexity index is 582. The predicted molar refractivity (Wildman–Crippen MR) is 97.7 cm³/mol. The van der Waals surface area contributed by atoms with E-state index in [9.17, 15) is 4.79 Å². The van der Waals surface area contributed by atoms with Gasteiger partial charge in [-0.25, -0.2) is 0 Å². The number of methoxy groups -OCH3 is 1. The molecule has 3 unspecified atom stereocenters. The highest BCUT2D eigenvalue weighted by atomic mass is 16.5. The number of likely N-dealkylation sites (tertiary alicyclic amines) is 1. The van der Waals surface area contributed by atoms with Crippen molar-refractivity contribution in [1.82, 2.24) is 9.80 Å². The molecule has 0 aromatic heterocycles. The van der Waals surface area contributed by atoms with Crippen LogP contribution in [-0.4, -0.2) is 67.2 Å². The van der Waals surface area contributed by atoms with E-state index >= 15 is 0 Å². The molecule has 3 atom stereocenters. The summed E-state index contributed by atoms with van der Waals surface area (Å²) in [6.45, 7) is 8.49. The van der Waals surface area contributed by atoms with Gasteiger partial charge in [0.1, 0.15) is 0 Å². The molecule has 2 saturated heterocycles. The van der Waals surface area contributed by atoms with Gasteiger partial charge >= 0.3 is 0 Å². The summed E-state index contributed by atoms with van der Waals surface area (Å²) in [6, 6.07) is 8.11. The fourth-order valence-corrected chi connectivity index (χ4v) is 4.15. The maximum Gasteiger partial charge on any atom is 0.254 e. The van der Waals surface area contributed by atoms with Crippen molar-refractivity contribution in [2.24, 2.45) is 0 Å². The summed E-state index contributed by atoms with van der Waals surface area (Å²) in [6.07, 6.45) is 2.70. The van der Waals surface area contributed by atoms with E-state index in [0.717, 1.165) is 50.1 Å². The SMILES string of the molecule is COCc1cccc(C(=O)N2CCCC2CN2CC(C)OC(C)C2)c1. The molecule has 0 saturated carbocycles. The number of benzene rings is 1. The average Bonchev–Trinajstić information content (AvgIpc) is 3.02. The molecule has 2 fully saturated rings. The lowest BCUT2D eigenvalue weighted by Crippen LogP contribution is -2.50. The molecule has 2 aliphatic heterocycles. The molecule has 0 N–H and O–H groups in total. The topological polar surface area (TPSA) is 42.0 Å². The van der Waals surface area contributed by atoms with E-state index in [1.54, 1.807) is 7.11 Å². The Morgan fingerprint density at radius 1 is 1.28 bits per heavy atom. The number of rotatable bonds is 5. The number of hydrogen-bond acceptors (Lipinski definition) is 4. The molecule has 0 radical (unpaired) electrons. The van der Waals surface area contributed by atoms with E-state index in [4.69, 9.17) is 9.47 Å². The van der Waals surface area contributed by atoms with Crippen LogP contribution in [0.3, 0.4) is 0 Å². The van der Waals surface area contributed by atoms with Gasteiger partial charge in [0.25, 0.3) is 5.91 Å². The Morgan fingerprint density at radius 2 is 2.04 bits per heavy atom. The first-order valence-corrected chi connectivity index (χ1v) is 9.33. The number of morpholine rings is 1. The highest BCUT2D eigenvalue weighted by Crippen LogP contribution is 2.23. The third kappa shape index (κ3) is 4.60. The molecule has 0 spiro atoms. The van der Waals surface area contributed by atoms with Crippen molar-refractivity contribution in [3.05, 3.63) is 35.4 Å². The Hall–Kier alpha value is -1.43. The van der Waals surface area contributed by atoms with Crippen LogP contribution in [0.2, 0.25) is 0 Å². The highest BCUT2D eigenvalue weighted by molar-refractivity contribution is 5.94. The van der Waals surface area contributed by atoms with Gasteiger partial charge in [0.05, 0.1) is 18.8 Å². The zero-order valence-corrected chi connectivity index (χ0v) is 15.6. The van der Waals surface area contributed by atoms with Gasteiger partial charge in [-0.3, -0.25) is 9.69 Å². The number of carbonyl (C=O) groups is 1. The maximum atomic E-state index is 13.0. The monoisotopic (exact) mass is 346 g/mol. The van der Waals surface area contributed by atoms with E-state index in [0.29, 0.717) is 12.6 Å². The molecule has 138 valence electrons. The molecule has 1 aromatic carbocycles. The first-order chi connectivity index (χ1) is 12.1. The van der Waals surface area contributed by atoms with Crippen LogP contribution in [-0.2, 0) is 16.1 Å². The van der Waals surface area contributed by atoms with Crippen molar-refractivity contribution in [3.8, 4) is 0 Å². The third-order valence-electron chi connectivity index (χ3n) is 5.09. The summed E-state index contributed by atoms with van der Waals surface area (Å²) in [5.74, 6) is 0.148. The van der Waals surface area contributed by atoms with Crippen LogP contribution in [0, 0.1) is 0 Å². The van der Waals surface area contributed by atoms with Crippen LogP contribution < -0.4 is 0 Å². The molecular weight excluding hydrogens is 316 g/mol. The largest absolute Gasteiger partial charge is 0.380 e. The molecule has 25 heavy (non-hydrogen) atoms. The second-order valence-corrected chi connectivity index (χ2v) is 7.40. The number of carbonyl (C=O) groups excluding carboxylic acids is 1. The van der Waals surface area contributed by atoms with Crippen molar-refractivity contribution < 1.29 is 14.3 Å². The summed E-state index contributed by atoms with van der Waals surface area (Å²) >= 11 is 0. The second-order valence-electron chi connectivity index (χ2n) is 7.40. The van der Waals surface area contributed by atoms with Gasteiger partial charge in [-0.15, -0.1) is 0 Å². The summed E-state index contributed by atoms with van der Waals surface area (Å²) in [5.41, 5.74) is 1.81. The molecule has 2 heterocycles. The highest BCUT2D eigenvalue weighted by Gasteiger charge is 2.32. The van der Waals surface area contributed by atoms with Gasteiger partial charge < -0.3 is 14.4 Å². The van der Waals surface area contributed by atoms with Crippen LogP contribution >= 0.6 is 0 Å².